The van der Waals surface area contributed by atoms with Crippen molar-refractivity contribution in [3.63, 3.8) is 0 Å². The van der Waals surface area contributed by atoms with Crippen LogP contribution in [0.4, 0.5) is 0 Å². The maximum Gasteiger partial charge on any atom is 0.321 e. The van der Waals surface area contributed by atoms with Crippen LogP contribution >= 0.6 is 7.52 Å². The topological polar surface area (TPSA) is 99.5 Å². The second kappa shape index (κ2) is 7.31. The molecule has 0 radical (unpaired) electrons. The predicted octanol–water partition coefficient (Wildman–Crippen LogP) is 2.05. The van der Waals surface area contributed by atoms with Crippen molar-refractivity contribution in [2.24, 2.45) is 0 Å². The van der Waals surface area contributed by atoms with Gasteiger partial charge in [-0.2, -0.15) is 0 Å². The van der Waals surface area contributed by atoms with E-state index in [1.807, 2.05) is 6.07 Å². The summed E-state index contributed by atoms with van der Waals surface area (Å²) < 4.78 is 12.3. The molecule has 0 saturated heterocycles. The monoisotopic (exact) mass is 320 g/mol. The van der Waals surface area contributed by atoms with E-state index in [0.29, 0.717) is 11.1 Å². The van der Waals surface area contributed by atoms with E-state index in [1.54, 1.807) is 42.6 Å². The molecule has 0 aliphatic carbocycles. The van der Waals surface area contributed by atoms with Crippen molar-refractivity contribution in [2.75, 3.05) is 0 Å². The lowest BCUT2D eigenvalue weighted by molar-refractivity contribution is -0.139. The lowest BCUT2D eigenvalue weighted by Crippen LogP contribution is -2.36. The molecule has 116 valence electrons. The molecule has 0 aliphatic rings. The molecule has 0 amide bonds. The third kappa shape index (κ3) is 5.07. The Kier molecular flexibility index (Phi) is 5.44. The molecule has 0 bridgehead atoms. The van der Waals surface area contributed by atoms with Crippen LogP contribution in [-0.2, 0) is 21.9 Å². The summed E-state index contributed by atoms with van der Waals surface area (Å²) in [6, 6.07) is 11.0. The van der Waals surface area contributed by atoms with Gasteiger partial charge in [0, 0.05) is 18.8 Å². The first-order chi connectivity index (χ1) is 10.5. The molecule has 1 aromatic heterocycles. The summed E-state index contributed by atoms with van der Waals surface area (Å²) in [4.78, 5) is 25.3. The molecule has 1 aromatic carbocycles. The number of carboxylic acids is 1. The van der Waals surface area contributed by atoms with Crippen molar-refractivity contribution in [3.05, 3.63) is 66.0 Å². The fourth-order valence-corrected chi connectivity index (χ4v) is 3.55. The first-order valence-electron chi connectivity index (χ1n) is 6.71. The SMILES string of the molecule is O=C(O)C(Cc1cccnc1)NP(=O)(O)Cc1ccccc1. The van der Waals surface area contributed by atoms with Gasteiger partial charge in [-0.15, -0.1) is 0 Å². The van der Waals surface area contributed by atoms with E-state index in [1.165, 1.54) is 6.20 Å². The number of nitrogens with one attached hydrogen (secondary N) is 1. The van der Waals surface area contributed by atoms with Crippen molar-refractivity contribution >= 4 is 13.5 Å². The third-order valence-electron chi connectivity index (χ3n) is 3.06. The van der Waals surface area contributed by atoms with Crippen LogP contribution in [0.1, 0.15) is 11.1 Å². The minimum atomic E-state index is -3.81. The Morgan fingerprint density at radius 3 is 2.45 bits per heavy atom. The van der Waals surface area contributed by atoms with Gasteiger partial charge in [0.05, 0.1) is 6.16 Å². The number of hydrogen-bond acceptors (Lipinski definition) is 3. The Morgan fingerprint density at radius 2 is 1.86 bits per heavy atom. The summed E-state index contributed by atoms with van der Waals surface area (Å²) >= 11 is 0. The lowest BCUT2D eigenvalue weighted by Gasteiger charge is -2.19. The second-order valence-electron chi connectivity index (χ2n) is 4.93. The predicted molar refractivity (Wildman–Crippen MR) is 82.5 cm³/mol. The van der Waals surface area contributed by atoms with Crippen molar-refractivity contribution in [2.45, 2.75) is 18.6 Å². The number of aromatic nitrogens is 1. The molecule has 1 heterocycles. The molecule has 6 nitrogen and oxygen atoms in total. The second-order valence-corrected chi connectivity index (χ2v) is 6.91. The normalized spacial score (nSPS) is 15.0. The van der Waals surface area contributed by atoms with E-state index < -0.39 is 19.5 Å². The van der Waals surface area contributed by atoms with Gasteiger partial charge in [-0.1, -0.05) is 36.4 Å². The van der Waals surface area contributed by atoms with Crippen LogP contribution in [0.25, 0.3) is 0 Å². The highest BCUT2D eigenvalue weighted by Gasteiger charge is 2.28. The van der Waals surface area contributed by atoms with Gasteiger partial charge in [-0.3, -0.25) is 14.3 Å². The number of hydrogen-bond donors (Lipinski definition) is 3. The number of carboxylic acid groups (broad SMARTS) is 1. The molecule has 2 atom stereocenters. The molecule has 7 heteroatoms. The van der Waals surface area contributed by atoms with Crippen molar-refractivity contribution in [1.82, 2.24) is 10.1 Å². The number of aliphatic carboxylic acids is 1. The average Bonchev–Trinajstić information content (AvgIpc) is 2.48. The van der Waals surface area contributed by atoms with Gasteiger partial charge in [0.1, 0.15) is 6.04 Å². The molecule has 2 rings (SSSR count). The lowest BCUT2D eigenvalue weighted by atomic mass is 10.1. The molecular formula is C15H17N2O4P. The van der Waals surface area contributed by atoms with E-state index in [2.05, 4.69) is 10.1 Å². The molecule has 3 N–H and O–H groups in total. The number of benzene rings is 1. The smallest absolute Gasteiger partial charge is 0.321 e. The molecule has 22 heavy (non-hydrogen) atoms. The van der Waals surface area contributed by atoms with Crippen LogP contribution in [0.2, 0.25) is 0 Å². The van der Waals surface area contributed by atoms with Gasteiger partial charge in [-0.05, 0) is 17.2 Å². The average molecular weight is 320 g/mol. The van der Waals surface area contributed by atoms with Gasteiger partial charge in [0.2, 0.25) is 0 Å². The molecule has 2 aromatic rings. The summed E-state index contributed by atoms with van der Waals surface area (Å²) in [5.74, 6) is -1.17. The minimum Gasteiger partial charge on any atom is -0.480 e. The molecule has 0 saturated carbocycles. The highest BCUT2D eigenvalue weighted by Crippen LogP contribution is 2.40. The summed E-state index contributed by atoms with van der Waals surface area (Å²) in [6.07, 6.45) is 3.09. The number of nitrogens with zero attached hydrogens (tertiary/aromatic N) is 1. The fraction of sp³-hybridized carbons (Fsp3) is 0.200. The molecule has 0 aliphatic heterocycles. The maximum absolute atomic E-state index is 12.3. The van der Waals surface area contributed by atoms with Gasteiger partial charge in [0.25, 0.3) is 7.52 Å². The molecule has 0 fully saturated rings. The van der Waals surface area contributed by atoms with Gasteiger partial charge in [0.15, 0.2) is 0 Å². The quantitative estimate of drug-likeness (QED) is 0.675. The molecular weight excluding hydrogens is 303 g/mol. The van der Waals surface area contributed by atoms with Crippen LogP contribution < -0.4 is 5.09 Å². The summed E-state index contributed by atoms with van der Waals surface area (Å²) in [5, 5.41) is 11.6. The van der Waals surface area contributed by atoms with Crippen molar-refractivity contribution in [1.29, 1.82) is 0 Å². The van der Waals surface area contributed by atoms with Crippen molar-refractivity contribution < 1.29 is 19.4 Å². The summed E-state index contributed by atoms with van der Waals surface area (Å²) in [6.45, 7) is 0. The fourth-order valence-electron chi connectivity index (χ4n) is 2.06. The molecule has 0 spiro atoms. The minimum absolute atomic E-state index is 0.0858. The summed E-state index contributed by atoms with van der Waals surface area (Å²) in [5.41, 5.74) is 1.36. The highest BCUT2D eigenvalue weighted by atomic mass is 31.2. The Bertz CT molecular complexity index is 664. The van der Waals surface area contributed by atoms with Crippen LogP contribution in [0.15, 0.2) is 54.9 Å². The van der Waals surface area contributed by atoms with E-state index in [9.17, 15) is 19.4 Å². The van der Waals surface area contributed by atoms with Crippen LogP contribution in [0, 0.1) is 0 Å². The van der Waals surface area contributed by atoms with Gasteiger partial charge < -0.3 is 10.00 Å². The third-order valence-corrected chi connectivity index (χ3v) is 4.57. The standard InChI is InChI=1S/C15H17N2O4P/c18-15(19)14(9-13-7-4-8-16-10-13)17-22(20,21)11-12-5-2-1-3-6-12/h1-8,10,14H,9,11H2,(H,18,19)(H2,17,20,21). The van der Waals surface area contributed by atoms with Crippen molar-refractivity contribution in [3.8, 4) is 0 Å². The first kappa shape index (κ1) is 16.4. The highest BCUT2D eigenvalue weighted by molar-refractivity contribution is 7.55. The molecule has 2 unspecified atom stereocenters. The zero-order chi connectivity index (χ0) is 16.0. The number of rotatable bonds is 7. The zero-order valence-electron chi connectivity index (χ0n) is 11.8. The zero-order valence-corrected chi connectivity index (χ0v) is 12.7. The van der Waals surface area contributed by atoms with Gasteiger partial charge in [-0.25, -0.2) is 5.09 Å². The Balaban J connectivity index is 2.06. The van der Waals surface area contributed by atoms with Crippen LogP contribution in [-0.4, -0.2) is 27.0 Å². The first-order valence-corrected chi connectivity index (χ1v) is 8.56. The Labute approximate surface area is 128 Å². The largest absolute Gasteiger partial charge is 0.480 e. The van der Waals surface area contributed by atoms with E-state index in [4.69, 9.17) is 0 Å². The van der Waals surface area contributed by atoms with Crippen LogP contribution in [0.5, 0.6) is 0 Å². The van der Waals surface area contributed by atoms with E-state index in [-0.39, 0.29) is 12.6 Å². The number of pyridine rings is 1. The van der Waals surface area contributed by atoms with Crippen LogP contribution in [0.3, 0.4) is 0 Å². The number of carbonyl (C=O) groups is 1. The Hall–Kier alpha value is -2.01. The van der Waals surface area contributed by atoms with Gasteiger partial charge >= 0.3 is 5.97 Å². The Morgan fingerprint density at radius 1 is 1.18 bits per heavy atom. The van der Waals surface area contributed by atoms with E-state index in [0.717, 1.165) is 0 Å². The van der Waals surface area contributed by atoms with E-state index >= 15 is 0 Å². The maximum atomic E-state index is 12.3. The summed E-state index contributed by atoms with van der Waals surface area (Å²) in [7, 11) is -3.81.